The van der Waals surface area contributed by atoms with Crippen LogP contribution in [-0.2, 0) is 44.4 Å². The summed E-state index contributed by atoms with van der Waals surface area (Å²) < 4.78 is 90.2. The van der Waals surface area contributed by atoms with Crippen LogP contribution in [-0.4, -0.2) is 3.21 Å². The first-order chi connectivity index (χ1) is 28.5. The van der Waals surface area contributed by atoms with Gasteiger partial charge < -0.3 is 24.8 Å². The molecule has 0 aliphatic heterocycles. The molecule has 4 fully saturated rings. The minimum absolute atomic E-state index is 0. The van der Waals surface area contributed by atoms with Crippen LogP contribution in [0.2, 0.25) is 0 Å². The Balaban J connectivity index is 0.00000298. The van der Waals surface area contributed by atoms with Crippen LogP contribution in [0.4, 0.5) is 26.3 Å². The van der Waals surface area contributed by atoms with Crippen molar-refractivity contribution in [2.75, 3.05) is 0 Å². The zero-order valence-electron chi connectivity index (χ0n) is 37.5. The summed E-state index contributed by atoms with van der Waals surface area (Å²) in [6, 6.07) is 24.4. The smallest absolute Gasteiger partial charge is 1.00 e. The number of hydrogen-bond donors (Lipinski definition) is 0. The summed E-state index contributed by atoms with van der Waals surface area (Å²) >= 11 is -3.88. The monoisotopic (exact) mass is 980 g/mol. The maximum Gasteiger partial charge on any atom is -1.00 e. The Labute approximate surface area is 390 Å². The van der Waals surface area contributed by atoms with E-state index < -0.39 is 44.7 Å². The third kappa shape index (κ3) is 8.96. The third-order valence-corrected chi connectivity index (χ3v) is 24.2. The third-order valence-electron chi connectivity index (χ3n) is 15.1. The minimum Gasteiger partial charge on any atom is -1.00 e. The van der Waals surface area contributed by atoms with E-state index in [0.29, 0.717) is 14.3 Å². The van der Waals surface area contributed by atoms with E-state index in [1.54, 1.807) is 12.1 Å². The Kier molecular flexibility index (Phi) is 12.9. The fourth-order valence-electron chi connectivity index (χ4n) is 12.7. The van der Waals surface area contributed by atoms with Crippen LogP contribution in [0.3, 0.4) is 0 Å². The van der Waals surface area contributed by atoms with Crippen LogP contribution in [0.5, 0.6) is 0 Å². The molecule has 1 atom stereocenters. The van der Waals surface area contributed by atoms with E-state index in [4.69, 9.17) is 0 Å². The SMILES string of the molecule is CC1=[C]([Zr+2](=[C](c2cccc(C(F)(F)F)c2)c2cccc(C(F)(F)F)c2)[CH]2c3cc(C(C)(C)C)ccc3-c3ccc(C(C)(C)C)cc32)C(C)C=C1CC12CC3CC(CC(C3)C1)C2.[Cl-].[Cl-]. The molecule has 4 saturated carbocycles. The number of allylic oxidation sites excluding steroid dienone is 4. The van der Waals surface area contributed by atoms with E-state index in [9.17, 15) is 26.3 Å². The molecule has 6 aliphatic carbocycles. The summed E-state index contributed by atoms with van der Waals surface area (Å²) in [5.41, 5.74) is 8.52. The molecular weight excluding hydrogens is 925 g/mol. The zero-order valence-corrected chi connectivity index (χ0v) is 41.5. The van der Waals surface area contributed by atoms with Crippen molar-refractivity contribution < 1.29 is 72.4 Å². The Morgan fingerprint density at radius 1 is 0.603 bits per heavy atom. The standard InChI is InChI=1S/C21H25.C18H25.C15H8F6.2ClH.Zr/c1-20(2,3)16-7-9-18-14(12-16)11-15-13-17(21(4,5)6)8-10-19(15)18;1-12-3-13(2)17(4-12)11-18-8-14-5-15(9-18)7-16(6-14)10-18;16-14(17,18)12-5-1-3-10(8-12)7-11-4-2-6-13(9-11)15(19,20)21;;;/h7-13H,1-6H3;4,12,14-16H,5-11H2,1-2H3;1-6,8-9H;2*1H;/q;;;;;+2/p-2. The predicted molar refractivity (Wildman–Crippen MR) is 232 cm³/mol. The van der Waals surface area contributed by atoms with Gasteiger partial charge in [-0.2, -0.15) is 0 Å². The molecular formula is C54H58Cl2F6Zr. The normalized spacial score (nSPS) is 24.0. The molecule has 4 bridgehead atoms. The molecule has 0 radical (unpaired) electrons. The van der Waals surface area contributed by atoms with Gasteiger partial charge >= 0.3 is 368 Å². The van der Waals surface area contributed by atoms with Crippen molar-refractivity contribution in [3.8, 4) is 11.1 Å². The van der Waals surface area contributed by atoms with Crippen molar-refractivity contribution in [3.63, 3.8) is 0 Å². The van der Waals surface area contributed by atoms with Crippen molar-refractivity contribution in [1.29, 1.82) is 0 Å². The van der Waals surface area contributed by atoms with Gasteiger partial charge in [-0.15, -0.1) is 0 Å². The van der Waals surface area contributed by atoms with Gasteiger partial charge in [0.1, 0.15) is 0 Å². The van der Waals surface area contributed by atoms with E-state index in [1.807, 2.05) is 0 Å². The van der Waals surface area contributed by atoms with Crippen molar-refractivity contribution in [3.05, 3.63) is 150 Å². The molecule has 0 heterocycles. The molecule has 1 unspecified atom stereocenters. The molecule has 9 heteroatoms. The number of alkyl halides is 6. The molecule has 0 aromatic heterocycles. The summed E-state index contributed by atoms with van der Waals surface area (Å²) in [5.74, 6) is 2.38. The number of fused-ring (bicyclic) bond motifs is 3. The number of benzene rings is 4. The molecule has 0 N–H and O–H groups in total. The summed E-state index contributed by atoms with van der Waals surface area (Å²) in [5, 5.41) is 0. The van der Waals surface area contributed by atoms with Crippen LogP contribution in [0.1, 0.15) is 148 Å². The van der Waals surface area contributed by atoms with Gasteiger partial charge in [0, 0.05) is 0 Å². The summed E-state index contributed by atoms with van der Waals surface area (Å²) in [7, 11) is 0. The maximum absolute atomic E-state index is 14.7. The number of halogens is 8. The number of hydrogen-bond acceptors (Lipinski definition) is 0. The second kappa shape index (κ2) is 16.9. The minimum atomic E-state index is -4.63. The van der Waals surface area contributed by atoms with E-state index >= 15 is 0 Å². The molecule has 10 rings (SSSR count). The van der Waals surface area contributed by atoms with Gasteiger partial charge in [0.15, 0.2) is 0 Å². The van der Waals surface area contributed by atoms with Crippen LogP contribution >= 0.6 is 0 Å². The van der Waals surface area contributed by atoms with Gasteiger partial charge in [0.25, 0.3) is 0 Å². The fourth-order valence-corrected chi connectivity index (χ4v) is 22.6. The van der Waals surface area contributed by atoms with Crippen molar-refractivity contribution >= 4 is 3.21 Å². The Hall–Kier alpha value is -2.73. The molecule has 0 amide bonds. The van der Waals surface area contributed by atoms with E-state index in [0.717, 1.165) is 69.7 Å². The van der Waals surface area contributed by atoms with Gasteiger partial charge in [-0.3, -0.25) is 0 Å². The van der Waals surface area contributed by atoms with Crippen LogP contribution in [0, 0.1) is 29.1 Å². The average Bonchev–Trinajstić information content (AvgIpc) is 3.62. The molecule has 4 aromatic carbocycles. The molecule has 4 aromatic rings. The Morgan fingerprint density at radius 2 is 1.03 bits per heavy atom. The predicted octanol–water partition coefficient (Wildman–Crippen LogP) is 9.74. The van der Waals surface area contributed by atoms with Gasteiger partial charge in [-0.25, -0.2) is 0 Å². The summed E-state index contributed by atoms with van der Waals surface area (Å²) in [6.07, 6.45) is 2.06. The largest absolute Gasteiger partial charge is 1.00 e. The van der Waals surface area contributed by atoms with Crippen molar-refractivity contribution in [2.24, 2.45) is 29.1 Å². The first-order valence-electron chi connectivity index (χ1n) is 22.3. The maximum atomic E-state index is 14.7. The molecule has 0 saturated heterocycles. The van der Waals surface area contributed by atoms with Gasteiger partial charge in [0.2, 0.25) is 0 Å². The molecule has 334 valence electrons. The summed E-state index contributed by atoms with van der Waals surface area (Å²) in [6.45, 7) is 17.6. The molecule has 6 aliphatic rings. The molecule has 63 heavy (non-hydrogen) atoms. The van der Waals surface area contributed by atoms with E-state index in [-0.39, 0.29) is 50.6 Å². The molecule has 0 spiro atoms. The van der Waals surface area contributed by atoms with Crippen molar-refractivity contribution in [2.45, 2.75) is 127 Å². The molecule has 0 nitrogen and oxygen atoms in total. The van der Waals surface area contributed by atoms with Crippen molar-refractivity contribution in [1.82, 2.24) is 0 Å². The van der Waals surface area contributed by atoms with Gasteiger partial charge in [0.05, 0.1) is 0 Å². The van der Waals surface area contributed by atoms with Gasteiger partial charge in [-0.05, 0) is 0 Å². The average molecular weight is 983 g/mol. The Bertz CT molecular complexity index is 2370. The first kappa shape index (κ1) is 48.2. The first-order valence-corrected chi connectivity index (χ1v) is 26.2. The second-order valence-electron chi connectivity index (χ2n) is 21.6. The topological polar surface area (TPSA) is 0 Å². The zero-order chi connectivity index (χ0) is 43.6. The summed E-state index contributed by atoms with van der Waals surface area (Å²) in [4.78, 5) is 0. The van der Waals surface area contributed by atoms with E-state index in [2.05, 4.69) is 97.9 Å². The quantitative estimate of drug-likeness (QED) is 0.169. The fraction of sp³-hybridized carbons (Fsp3) is 0.463. The van der Waals surface area contributed by atoms with Crippen LogP contribution < -0.4 is 24.8 Å². The van der Waals surface area contributed by atoms with Gasteiger partial charge in [-0.1, -0.05) is 0 Å². The Morgan fingerprint density at radius 3 is 1.43 bits per heavy atom. The number of rotatable bonds is 6. The van der Waals surface area contributed by atoms with Crippen LogP contribution in [0.25, 0.3) is 11.1 Å². The van der Waals surface area contributed by atoms with E-state index in [1.165, 1.54) is 77.2 Å². The second-order valence-corrected chi connectivity index (χ2v) is 27.6. The van der Waals surface area contributed by atoms with Crippen LogP contribution in [0.15, 0.2) is 105 Å².